The van der Waals surface area contributed by atoms with Gasteiger partial charge in [0.05, 0.1) is 0 Å². The average molecular weight is 257 g/mol. The minimum atomic E-state index is -0.170. The molecule has 0 heterocycles. The topological polar surface area (TPSA) is 76.7 Å². The van der Waals surface area contributed by atoms with Crippen LogP contribution in [0.5, 0.6) is 0 Å². The number of carbonyl (C=O) groups excluding carboxylic acids is 1. The molecule has 0 saturated carbocycles. The molecule has 0 fully saturated rings. The zero-order valence-electron chi connectivity index (χ0n) is 12.2. The number of nitrogens with zero attached hydrogens (tertiary/aromatic N) is 1. The fourth-order valence-electron chi connectivity index (χ4n) is 1.12. The van der Waals surface area contributed by atoms with Gasteiger partial charge in [0.25, 0.3) is 5.91 Å². The molecule has 0 spiro atoms. The first-order valence-electron chi connectivity index (χ1n) is 6.56. The molecule has 3 N–H and O–H groups in total. The number of oxime groups is 1. The van der Waals surface area contributed by atoms with Crippen molar-refractivity contribution in [2.45, 2.75) is 53.5 Å². The van der Waals surface area contributed by atoms with E-state index < -0.39 is 0 Å². The SMILES string of the molecule is CC(C)CC/C(N)=N/OCC(=O)NC(C)C(C)C. The summed E-state index contributed by atoms with van der Waals surface area (Å²) in [6.07, 6.45) is 1.66. The lowest BCUT2D eigenvalue weighted by Gasteiger charge is -2.16. The molecule has 0 aromatic rings. The number of hydrogen-bond donors (Lipinski definition) is 2. The van der Waals surface area contributed by atoms with E-state index in [1.807, 2.05) is 20.8 Å². The van der Waals surface area contributed by atoms with Crippen molar-refractivity contribution in [1.29, 1.82) is 0 Å². The minimum absolute atomic E-state index is 0.0839. The van der Waals surface area contributed by atoms with E-state index in [0.29, 0.717) is 24.1 Å². The molecule has 18 heavy (non-hydrogen) atoms. The predicted molar refractivity (Wildman–Crippen MR) is 74.1 cm³/mol. The van der Waals surface area contributed by atoms with E-state index in [1.165, 1.54) is 0 Å². The Morgan fingerprint density at radius 3 is 2.39 bits per heavy atom. The Kier molecular flexibility index (Phi) is 8.16. The van der Waals surface area contributed by atoms with Gasteiger partial charge in [-0.3, -0.25) is 4.79 Å². The van der Waals surface area contributed by atoms with E-state index in [9.17, 15) is 4.79 Å². The fraction of sp³-hybridized carbons (Fsp3) is 0.846. The van der Waals surface area contributed by atoms with E-state index in [-0.39, 0.29) is 18.6 Å². The normalized spacial score (nSPS) is 13.8. The summed E-state index contributed by atoms with van der Waals surface area (Å²) in [5.74, 6) is 1.24. The van der Waals surface area contributed by atoms with Gasteiger partial charge in [-0.05, 0) is 25.2 Å². The Hall–Kier alpha value is -1.26. The van der Waals surface area contributed by atoms with Crippen LogP contribution in [-0.2, 0) is 9.63 Å². The summed E-state index contributed by atoms with van der Waals surface area (Å²) in [6.45, 7) is 10.2. The van der Waals surface area contributed by atoms with Crippen molar-refractivity contribution in [2.24, 2.45) is 22.7 Å². The molecule has 0 aromatic carbocycles. The third-order valence-electron chi connectivity index (χ3n) is 2.74. The number of nitrogens with one attached hydrogen (secondary N) is 1. The van der Waals surface area contributed by atoms with Gasteiger partial charge in [-0.1, -0.05) is 32.9 Å². The maximum Gasteiger partial charge on any atom is 0.260 e. The predicted octanol–water partition coefficient (Wildman–Crippen LogP) is 1.87. The van der Waals surface area contributed by atoms with Crippen LogP contribution in [0.2, 0.25) is 0 Å². The highest BCUT2D eigenvalue weighted by Crippen LogP contribution is 2.03. The van der Waals surface area contributed by atoms with E-state index in [1.54, 1.807) is 0 Å². The van der Waals surface area contributed by atoms with Crippen LogP contribution in [0.15, 0.2) is 5.16 Å². The van der Waals surface area contributed by atoms with Crippen LogP contribution in [0.3, 0.4) is 0 Å². The summed E-state index contributed by atoms with van der Waals surface area (Å²) < 4.78 is 0. The second-order valence-electron chi connectivity index (χ2n) is 5.39. The molecule has 0 radical (unpaired) electrons. The van der Waals surface area contributed by atoms with Gasteiger partial charge in [0.15, 0.2) is 6.61 Å². The van der Waals surface area contributed by atoms with Crippen LogP contribution in [0.4, 0.5) is 0 Å². The highest BCUT2D eigenvalue weighted by Gasteiger charge is 2.10. The summed E-state index contributed by atoms with van der Waals surface area (Å²) >= 11 is 0. The van der Waals surface area contributed by atoms with Crippen molar-refractivity contribution in [3.05, 3.63) is 0 Å². The molecule has 1 atom stereocenters. The molecular formula is C13H27N3O2. The third-order valence-corrected chi connectivity index (χ3v) is 2.74. The van der Waals surface area contributed by atoms with Crippen LogP contribution >= 0.6 is 0 Å². The van der Waals surface area contributed by atoms with Crippen LogP contribution in [-0.4, -0.2) is 24.4 Å². The van der Waals surface area contributed by atoms with Gasteiger partial charge in [-0.2, -0.15) is 0 Å². The number of amides is 1. The molecule has 0 rings (SSSR count). The van der Waals surface area contributed by atoms with Crippen molar-refractivity contribution in [2.75, 3.05) is 6.61 Å². The Bertz CT molecular complexity index is 275. The zero-order valence-corrected chi connectivity index (χ0v) is 12.2. The van der Waals surface area contributed by atoms with Crippen LogP contribution < -0.4 is 11.1 Å². The van der Waals surface area contributed by atoms with E-state index in [4.69, 9.17) is 10.6 Å². The molecule has 1 amide bonds. The third kappa shape index (κ3) is 8.84. The fourth-order valence-corrected chi connectivity index (χ4v) is 1.12. The van der Waals surface area contributed by atoms with Crippen molar-refractivity contribution in [3.8, 4) is 0 Å². The smallest absolute Gasteiger partial charge is 0.260 e. The summed E-state index contributed by atoms with van der Waals surface area (Å²) in [5, 5.41) is 6.55. The monoisotopic (exact) mass is 257 g/mol. The molecule has 1 unspecified atom stereocenters. The Morgan fingerprint density at radius 1 is 1.28 bits per heavy atom. The number of hydrogen-bond acceptors (Lipinski definition) is 3. The quantitative estimate of drug-likeness (QED) is 0.396. The van der Waals surface area contributed by atoms with Crippen molar-refractivity contribution in [1.82, 2.24) is 5.32 Å². The highest BCUT2D eigenvalue weighted by atomic mass is 16.6. The summed E-state index contributed by atoms with van der Waals surface area (Å²) in [4.78, 5) is 16.4. The van der Waals surface area contributed by atoms with Gasteiger partial charge >= 0.3 is 0 Å². The molecule has 0 saturated heterocycles. The molecule has 0 bridgehead atoms. The minimum Gasteiger partial charge on any atom is -0.384 e. The molecule has 5 heteroatoms. The standard InChI is InChI=1S/C13H27N3O2/c1-9(2)6-7-12(14)16-18-8-13(17)15-11(5)10(3)4/h9-11H,6-8H2,1-5H3,(H2,14,16)(H,15,17). The van der Waals surface area contributed by atoms with Gasteiger partial charge in [0.2, 0.25) is 0 Å². The lowest BCUT2D eigenvalue weighted by atomic mass is 10.1. The maximum atomic E-state index is 11.5. The number of amidine groups is 1. The Morgan fingerprint density at radius 2 is 1.89 bits per heavy atom. The average Bonchev–Trinajstić information content (AvgIpc) is 2.26. The zero-order chi connectivity index (χ0) is 14.1. The van der Waals surface area contributed by atoms with Gasteiger partial charge < -0.3 is 15.9 Å². The second-order valence-corrected chi connectivity index (χ2v) is 5.39. The maximum absolute atomic E-state index is 11.5. The second kappa shape index (κ2) is 8.78. The molecule has 0 aromatic heterocycles. The largest absolute Gasteiger partial charge is 0.384 e. The van der Waals surface area contributed by atoms with Crippen molar-refractivity contribution >= 4 is 11.7 Å². The summed E-state index contributed by atoms with van der Waals surface area (Å²) in [5.41, 5.74) is 5.65. The van der Waals surface area contributed by atoms with Gasteiger partial charge in [-0.25, -0.2) is 0 Å². The molecule has 5 nitrogen and oxygen atoms in total. The molecule has 0 aliphatic carbocycles. The molecule has 0 aliphatic rings. The van der Waals surface area contributed by atoms with Crippen LogP contribution in [0.1, 0.15) is 47.5 Å². The first-order chi connectivity index (χ1) is 8.32. The Labute approximate surface area is 110 Å². The van der Waals surface area contributed by atoms with Gasteiger partial charge in [0, 0.05) is 12.5 Å². The van der Waals surface area contributed by atoms with Crippen molar-refractivity contribution in [3.63, 3.8) is 0 Å². The van der Waals surface area contributed by atoms with Crippen LogP contribution in [0, 0.1) is 11.8 Å². The van der Waals surface area contributed by atoms with Gasteiger partial charge in [-0.15, -0.1) is 0 Å². The number of carbonyl (C=O) groups is 1. The van der Waals surface area contributed by atoms with Crippen LogP contribution in [0.25, 0.3) is 0 Å². The summed E-state index contributed by atoms with van der Waals surface area (Å²) in [7, 11) is 0. The Balaban J connectivity index is 3.82. The number of rotatable bonds is 8. The highest BCUT2D eigenvalue weighted by molar-refractivity contribution is 5.80. The molecule has 106 valence electrons. The number of nitrogens with two attached hydrogens (primary N) is 1. The summed E-state index contributed by atoms with van der Waals surface area (Å²) in [6, 6.07) is 0.128. The lowest BCUT2D eigenvalue weighted by molar-refractivity contribution is -0.126. The van der Waals surface area contributed by atoms with E-state index >= 15 is 0 Å². The van der Waals surface area contributed by atoms with E-state index in [0.717, 1.165) is 6.42 Å². The first kappa shape index (κ1) is 16.7. The van der Waals surface area contributed by atoms with E-state index in [2.05, 4.69) is 24.3 Å². The molecule has 0 aliphatic heterocycles. The first-order valence-corrected chi connectivity index (χ1v) is 6.56. The van der Waals surface area contributed by atoms with Gasteiger partial charge in [0.1, 0.15) is 5.84 Å². The molecular weight excluding hydrogens is 230 g/mol. The van der Waals surface area contributed by atoms with Crippen molar-refractivity contribution < 1.29 is 9.63 Å². The lowest BCUT2D eigenvalue weighted by Crippen LogP contribution is -2.38.